The third-order valence-electron chi connectivity index (χ3n) is 4.51. The molecule has 0 aliphatic carbocycles. The smallest absolute Gasteiger partial charge is 0.220 e. The van der Waals surface area contributed by atoms with Crippen LogP contribution in [0.1, 0.15) is 35.7 Å². The molecule has 26 heavy (non-hydrogen) atoms. The summed E-state index contributed by atoms with van der Waals surface area (Å²) in [7, 11) is 1.68. The second-order valence-electron chi connectivity index (χ2n) is 6.44. The first-order chi connectivity index (χ1) is 12.7. The van der Waals surface area contributed by atoms with Crippen LogP contribution in [0, 0.1) is 0 Å². The van der Waals surface area contributed by atoms with Crippen LogP contribution in [-0.4, -0.2) is 27.5 Å². The Bertz CT molecular complexity index is 1020. The van der Waals surface area contributed by atoms with Gasteiger partial charge in [0.2, 0.25) is 11.8 Å². The Kier molecular flexibility index (Phi) is 4.39. The van der Waals surface area contributed by atoms with Gasteiger partial charge in [-0.1, -0.05) is 25.1 Å². The van der Waals surface area contributed by atoms with E-state index in [-0.39, 0.29) is 5.92 Å². The summed E-state index contributed by atoms with van der Waals surface area (Å²) in [6.45, 7) is 2.14. The number of nitrogens with one attached hydrogen (secondary N) is 1. The first-order valence-corrected chi connectivity index (χ1v) is 8.58. The van der Waals surface area contributed by atoms with Crippen molar-refractivity contribution in [3.63, 3.8) is 0 Å². The molecule has 132 valence electrons. The number of H-pyrrole nitrogens is 1. The molecule has 2 aromatic carbocycles. The standard InChI is InChI=1S/C20H20N4O2/c1-13(15-4-3-5-17(11-15)25-2)8-19-23-24-20(26-19)10-14-6-7-18-16(9-14)12-21-22-18/h3-7,9,11-13H,8,10H2,1-2H3,(H,21,22)/t13-/m0/s1. The van der Waals surface area contributed by atoms with E-state index in [0.717, 1.165) is 22.2 Å². The molecule has 4 aromatic rings. The Hall–Kier alpha value is -3.15. The second-order valence-corrected chi connectivity index (χ2v) is 6.44. The van der Waals surface area contributed by atoms with E-state index in [4.69, 9.17) is 9.15 Å². The van der Waals surface area contributed by atoms with Crippen LogP contribution in [0.4, 0.5) is 0 Å². The van der Waals surface area contributed by atoms with Gasteiger partial charge in [0.05, 0.1) is 25.2 Å². The van der Waals surface area contributed by atoms with E-state index in [1.54, 1.807) is 7.11 Å². The fourth-order valence-electron chi connectivity index (χ4n) is 3.05. The summed E-state index contributed by atoms with van der Waals surface area (Å²) in [4.78, 5) is 0. The molecule has 0 bridgehead atoms. The summed E-state index contributed by atoms with van der Waals surface area (Å²) in [6.07, 6.45) is 3.12. The Morgan fingerprint density at radius 1 is 1.12 bits per heavy atom. The molecule has 6 nitrogen and oxygen atoms in total. The number of hydrogen-bond donors (Lipinski definition) is 1. The maximum Gasteiger partial charge on any atom is 0.220 e. The predicted octanol–water partition coefficient (Wildman–Crippen LogP) is 3.89. The van der Waals surface area contributed by atoms with Crippen molar-refractivity contribution < 1.29 is 9.15 Å². The van der Waals surface area contributed by atoms with E-state index < -0.39 is 0 Å². The summed E-state index contributed by atoms with van der Waals surface area (Å²) >= 11 is 0. The van der Waals surface area contributed by atoms with Gasteiger partial charge in [0.1, 0.15) is 5.75 Å². The highest BCUT2D eigenvalue weighted by Crippen LogP contribution is 2.24. The molecule has 4 rings (SSSR count). The largest absolute Gasteiger partial charge is 0.497 e. The summed E-state index contributed by atoms with van der Waals surface area (Å²) in [5, 5.41) is 16.5. The van der Waals surface area contributed by atoms with Crippen molar-refractivity contribution in [2.75, 3.05) is 7.11 Å². The molecule has 2 heterocycles. The lowest BCUT2D eigenvalue weighted by molar-refractivity contribution is 0.413. The number of ether oxygens (including phenoxy) is 1. The lowest BCUT2D eigenvalue weighted by atomic mass is 9.98. The molecule has 0 spiro atoms. The van der Waals surface area contributed by atoms with Gasteiger partial charge in [0, 0.05) is 11.8 Å². The molecular weight excluding hydrogens is 328 g/mol. The Balaban J connectivity index is 1.45. The summed E-state index contributed by atoms with van der Waals surface area (Å²) in [5.41, 5.74) is 3.33. The molecule has 0 unspecified atom stereocenters. The maximum absolute atomic E-state index is 5.85. The van der Waals surface area contributed by atoms with Crippen LogP contribution in [-0.2, 0) is 12.8 Å². The van der Waals surface area contributed by atoms with Crippen molar-refractivity contribution in [3.05, 3.63) is 71.6 Å². The Morgan fingerprint density at radius 3 is 2.88 bits per heavy atom. The van der Waals surface area contributed by atoms with Crippen molar-refractivity contribution >= 4 is 10.9 Å². The highest BCUT2D eigenvalue weighted by Gasteiger charge is 2.13. The lowest BCUT2D eigenvalue weighted by Crippen LogP contribution is -1.99. The van der Waals surface area contributed by atoms with Crippen molar-refractivity contribution in [3.8, 4) is 5.75 Å². The molecule has 0 radical (unpaired) electrons. The topological polar surface area (TPSA) is 76.8 Å². The normalized spacial score (nSPS) is 12.4. The molecule has 0 fully saturated rings. The third-order valence-corrected chi connectivity index (χ3v) is 4.51. The summed E-state index contributed by atoms with van der Waals surface area (Å²) < 4.78 is 11.1. The van der Waals surface area contributed by atoms with E-state index in [2.05, 4.69) is 39.5 Å². The van der Waals surface area contributed by atoms with E-state index in [1.807, 2.05) is 36.5 Å². The van der Waals surface area contributed by atoms with Crippen LogP contribution in [0.3, 0.4) is 0 Å². The van der Waals surface area contributed by atoms with Gasteiger partial charge in [-0.05, 0) is 41.3 Å². The molecule has 0 aliphatic heterocycles. The molecule has 0 amide bonds. The number of methoxy groups -OCH3 is 1. The molecule has 0 saturated carbocycles. The van der Waals surface area contributed by atoms with Crippen LogP contribution in [0.5, 0.6) is 5.75 Å². The molecule has 1 N–H and O–H groups in total. The average Bonchev–Trinajstić information content (AvgIpc) is 3.30. The second kappa shape index (κ2) is 7.00. The zero-order valence-electron chi connectivity index (χ0n) is 14.8. The van der Waals surface area contributed by atoms with Gasteiger partial charge in [-0.3, -0.25) is 5.10 Å². The van der Waals surface area contributed by atoms with Crippen molar-refractivity contribution in [1.29, 1.82) is 0 Å². The zero-order valence-corrected chi connectivity index (χ0v) is 14.8. The predicted molar refractivity (Wildman–Crippen MR) is 98.3 cm³/mol. The number of fused-ring (bicyclic) bond motifs is 1. The van der Waals surface area contributed by atoms with Crippen LogP contribution in [0.25, 0.3) is 10.9 Å². The van der Waals surface area contributed by atoms with Gasteiger partial charge < -0.3 is 9.15 Å². The van der Waals surface area contributed by atoms with Crippen molar-refractivity contribution in [2.45, 2.75) is 25.7 Å². The lowest BCUT2D eigenvalue weighted by Gasteiger charge is -2.10. The minimum atomic E-state index is 0.265. The van der Waals surface area contributed by atoms with Gasteiger partial charge in [-0.2, -0.15) is 5.10 Å². The van der Waals surface area contributed by atoms with Gasteiger partial charge in [0.15, 0.2) is 0 Å². The molecule has 0 aliphatic rings. The van der Waals surface area contributed by atoms with E-state index in [0.29, 0.717) is 24.6 Å². The highest BCUT2D eigenvalue weighted by molar-refractivity contribution is 5.78. The number of rotatable bonds is 6. The SMILES string of the molecule is COc1cccc([C@@H](C)Cc2nnc(Cc3ccc4[nH]ncc4c3)o2)c1. The number of benzene rings is 2. The quantitative estimate of drug-likeness (QED) is 0.572. The van der Waals surface area contributed by atoms with Crippen molar-refractivity contribution in [2.24, 2.45) is 0 Å². The van der Waals surface area contributed by atoms with Crippen LogP contribution >= 0.6 is 0 Å². The molecule has 2 aromatic heterocycles. The number of hydrogen-bond acceptors (Lipinski definition) is 5. The van der Waals surface area contributed by atoms with Crippen LogP contribution in [0.2, 0.25) is 0 Å². The molecular formula is C20H20N4O2. The van der Waals surface area contributed by atoms with Crippen molar-refractivity contribution in [1.82, 2.24) is 20.4 Å². The monoisotopic (exact) mass is 348 g/mol. The zero-order chi connectivity index (χ0) is 17.9. The molecule has 6 heteroatoms. The van der Waals surface area contributed by atoms with E-state index >= 15 is 0 Å². The fraction of sp³-hybridized carbons (Fsp3) is 0.250. The van der Waals surface area contributed by atoms with Gasteiger partial charge >= 0.3 is 0 Å². The summed E-state index contributed by atoms with van der Waals surface area (Å²) in [6, 6.07) is 14.2. The first kappa shape index (κ1) is 16.3. The number of aromatic nitrogens is 4. The van der Waals surface area contributed by atoms with Gasteiger partial charge in [-0.25, -0.2) is 0 Å². The Labute approximate surface area is 151 Å². The number of aromatic amines is 1. The van der Waals surface area contributed by atoms with E-state index in [9.17, 15) is 0 Å². The number of nitrogens with zero attached hydrogens (tertiary/aromatic N) is 3. The average molecular weight is 348 g/mol. The summed E-state index contributed by atoms with van der Waals surface area (Å²) in [5.74, 6) is 2.40. The van der Waals surface area contributed by atoms with Gasteiger partial charge in [0.25, 0.3) is 0 Å². The van der Waals surface area contributed by atoms with Gasteiger partial charge in [-0.15, -0.1) is 10.2 Å². The minimum Gasteiger partial charge on any atom is -0.497 e. The minimum absolute atomic E-state index is 0.265. The Morgan fingerprint density at radius 2 is 2.00 bits per heavy atom. The molecule has 0 saturated heterocycles. The maximum atomic E-state index is 5.85. The molecule has 1 atom stereocenters. The van der Waals surface area contributed by atoms with Crippen LogP contribution in [0.15, 0.2) is 53.1 Å². The first-order valence-electron chi connectivity index (χ1n) is 8.58. The fourth-order valence-corrected chi connectivity index (χ4v) is 3.05. The van der Waals surface area contributed by atoms with Crippen LogP contribution < -0.4 is 4.74 Å². The highest BCUT2D eigenvalue weighted by atomic mass is 16.5. The third kappa shape index (κ3) is 3.44. The van der Waals surface area contributed by atoms with E-state index in [1.165, 1.54) is 5.56 Å².